The lowest BCUT2D eigenvalue weighted by molar-refractivity contribution is -0.128. The molecule has 1 rings (SSSR count). The monoisotopic (exact) mass is 241 g/mol. The lowest BCUT2D eigenvalue weighted by Crippen LogP contribution is -2.44. The molecule has 2 N–H and O–H groups in total. The van der Waals surface area contributed by atoms with Crippen LogP contribution in [0.3, 0.4) is 0 Å². The van der Waals surface area contributed by atoms with E-state index in [0.717, 1.165) is 19.6 Å². The molecule has 0 aromatic carbocycles. The molecule has 0 saturated carbocycles. The van der Waals surface area contributed by atoms with Crippen molar-refractivity contribution in [2.45, 2.75) is 26.7 Å². The molecule has 0 spiro atoms. The number of nitrogens with zero attached hydrogens (tertiary/aromatic N) is 1. The molecule has 5 nitrogen and oxygen atoms in total. The molecular weight excluding hydrogens is 218 g/mol. The van der Waals surface area contributed by atoms with Gasteiger partial charge in [0.25, 0.3) is 0 Å². The van der Waals surface area contributed by atoms with E-state index in [1.807, 2.05) is 0 Å². The molecule has 1 unspecified atom stereocenters. The highest BCUT2D eigenvalue weighted by Gasteiger charge is 2.23. The molecule has 0 aromatic heterocycles. The van der Waals surface area contributed by atoms with Gasteiger partial charge in [-0.25, -0.2) is 0 Å². The molecule has 1 heterocycles. The van der Waals surface area contributed by atoms with Crippen molar-refractivity contribution in [2.24, 2.45) is 5.92 Å². The first-order chi connectivity index (χ1) is 8.17. The van der Waals surface area contributed by atoms with Crippen LogP contribution in [0, 0.1) is 5.92 Å². The van der Waals surface area contributed by atoms with Crippen molar-refractivity contribution in [1.82, 2.24) is 15.5 Å². The van der Waals surface area contributed by atoms with E-state index in [2.05, 4.69) is 29.4 Å². The number of rotatable bonds is 6. The van der Waals surface area contributed by atoms with Gasteiger partial charge in [0.2, 0.25) is 11.8 Å². The van der Waals surface area contributed by atoms with Crippen molar-refractivity contribution in [3.63, 3.8) is 0 Å². The number of nitrogens with one attached hydrogen (secondary N) is 2. The van der Waals surface area contributed by atoms with Gasteiger partial charge in [0.1, 0.15) is 0 Å². The fraction of sp³-hybridized carbons (Fsp3) is 0.833. The fourth-order valence-corrected chi connectivity index (χ4v) is 1.98. The Bertz CT molecular complexity index is 254. The first-order valence-corrected chi connectivity index (χ1v) is 6.44. The van der Waals surface area contributed by atoms with Gasteiger partial charge >= 0.3 is 0 Å². The summed E-state index contributed by atoms with van der Waals surface area (Å²) in [7, 11) is 0. The van der Waals surface area contributed by atoms with Crippen LogP contribution < -0.4 is 10.6 Å². The molecule has 0 radical (unpaired) electrons. The van der Waals surface area contributed by atoms with Gasteiger partial charge in [-0.2, -0.15) is 0 Å². The highest BCUT2D eigenvalue weighted by atomic mass is 16.2. The zero-order valence-electron chi connectivity index (χ0n) is 10.8. The van der Waals surface area contributed by atoms with Gasteiger partial charge in [0, 0.05) is 26.1 Å². The van der Waals surface area contributed by atoms with E-state index in [0.29, 0.717) is 25.9 Å². The van der Waals surface area contributed by atoms with Crippen molar-refractivity contribution in [1.29, 1.82) is 0 Å². The van der Waals surface area contributed by atoms with Crippen LogP contribution in [0.2, 0.25) is 0 Å². The van der Waals surface area contributed by atoms with E-state index in [-0.39, 0.29) is 17.7 Å². The molecule has 2 amide bonds. The largest absolute Gasteiger partial charge is 0.355 e. The van der Waals surface area contributed by atoms with Crippen molar-refractivity contribution in [3.05, 3.63) is 0 Å². The third-order valence-corrected chi connectivity index (χ3v) is 3.26. The second-order valence-corrected chi connectivity index (χ2v) is 4.36. The Balaban J connectivity index is 2.18. The first-order valence-electron chi connectivity index (χ1n) is 6.44. The number of piperidine rings is 1. The van der Waals surface area contributed by atoms with Gasteiger partial charge in [-0.15, -0.1) is 0 Å². The Kier molecular flexibility index (Phi) is 5.97. The van der Waals surface area contributed by atoms with Gasteiger partial charge in [-0.3, -0.25) is 9.59 Å². The maximum atomic E-state index is 11.8. The van der Waals surface area contributed by atoms with Crippen molar-refractivity contribution >= 4 is 11.8 Å². The third kappa shape index (κ3) is 4.73. The SMILES string of the molecule is CCN(CC)CCNC(=O)C1CCC(=O)NC1. The normalized spacial score (nSPS) is 20.2. The highest BCUT2D eigenvalue weighted by molar-refractivity contribution is 5.83. The Morgan fingerprint density at radius 1 is 1.47 bits per heavy atom. The lowest BCUT2D eigenvalue weighted by atomic mass is 9.98. The van der Waals surface area contributed by atoms with Gasteiger partial charge < -0.3 is 15.5 Å². The van der Waals surface area contributed by atoms with Crippen molar-refractivity contribution in [2.75, 3.05) is 32.7 Å². The van der Waals surface area contributed by atoms with E-state index < -0.39 is 0 Å². The van der Waals surface area contributed by atoms with Crippen LogP contribution in [0.1, 0.15) is 26.7 Å². The molecule has 17 heavy (non-hydrogen) atoms. The van der Waals surface area contributed by atoms with Gasteiger partial charge in [0.05, 0.1) is 5.92 Å². The second kappa shape index (κ2) is 7.27. The molecule has 1 saturated heterocycles. The molecule has 98 valence electrons. The van der Waals surface area contributed by atoms with E-state index >= 15 is 0 Å². The fourth-order valence-electron chi connectivity index (χ4n) is 1.98. The summed E-state index contributed by atoms with van der Waals surface area (Å²) >= 11 is 0. The molecule has 1 aliphatic heterocycles. The Labute approximate surface area is 103 Å². The topological polar surface area (TPSA) is 61.4 Å². The third-order valence-electron chi connectivity index (χ3n) is 3.26. The van der Waals surface area contributed by atoms with Crippen molar-refractivity contribution < 1.29 is 9.59 Å². The quantitative estimate of drug-likeness (QED) is 0.686. The molecule has 1 atom stereocenters. The van der Waals surface area contributed by atoms with Gasteiger partial charge in [-0.1, -0.05) is 13.8 Å². The minimum atomic E-state index is -0.0515. The van der Waals surface area contributed by atoms with Crippen LogP contribution in [0.25, 0.3) is 0 Å². The van der Waals surface area contributed by atoms with E-state index in [4.69, 9.17) is 0 Å². The van der Waals surface area contributed by atoms with Crippen LogP contribution in [0.5, 0.6) is 0 Å². The maximum absolute atomic E-state index is 11.8. The Morgan fingerprint density at radius 3 is 2.71 bits per heavy atom. The zero-order valence-corrected chi connectivity index (χ0v) is 10.8. The van der Waals surface area contributed by atoms with E-state index in [1.54, 1.807) is 0 Å². The summed E-state index contributed by atoms with van der Waals surface area (Å²) in [5, 5.41) is 5.66. The number of hydrogen-bond acceptors (Lipinski definition) is 3. The average molecular weight is 241 g/mol. The number of hydrogen-bond donors (Lipinski definition) is 2. The molecule has 0 aliphatic carbocycles. The standard InChI is InChI=1S/C12H23N3O2/c1-3-15(4-2)8-7-13-12(17)10-5-6-11(16)14-9-10/h10H,3-9H2,1-2H3,(H,13,17)(H,14,16). The molecule has 5 heteroatoms. The predicted octanol–water partition coefficient (Wildman–Crippen LogP) is -0.0294. The molecule has 1 aliphatic rings. The summed E-state index contributed by atoms with van der Waals surface area (Å²) in [6.45, 7) is 8.29. The average Bonchev–Trinajstić information content (AvgIpc) is 2.35. The molecular formula is C12H23N3O2. The van der Waals surface area contributed by atoms with Gasteiger partial charge in [-0.05, 0) is 19.5 Å². The lowest BCUT2D eigenvalue weighted by Gasteiger charge is -2.23. The van der Waals surface area contributed by atoms with E-state index in [9.17, 15) is 9.59 Å². The predicted molar refractivity (Wildman–Crippen MR) is 66.5 cm³/mol. The van der Waals surface area contributed by atoms with Crippen LogP contribution in [-0.4, -0.2) is 49.4 Å². The van der Waals surface area contributed by atoms with Crippen LogP contribution >= 0.6 is 0 Å². The summed E-state index contributed by atoms with van der Waals surface area (Å²) in [6.07, 6.45) is 1.14. The number of amides is 2. The molecule has 1 fully saturated rings. The Morgan fingerprint density at radius 2 is 2.18 bits per heavy atom. The summed E-state index contributed by atoms with van der Waals surface area (Å²) in [6, 6.07) is 0. The van der Waals surface area contributed by atoms with Crippen LogP contribution in [0.4, 0.5) is 0 Å². The number of carbonyl (C=O) groups excluding carboxylic acids is 2. The molecule has 0 bridgehead atoms. The number of likely N-dealkylation sites (N-methyl/N-ethyl adjacent to an activating group) is 1. The second-order valence-electron chi connectivity index (χ2n) is 4.36. The maximum Gasteiger partial charge on any atom is 0.224 e. The highest BCUT2D eigenvalue weighted by Crippen LogP contribution is 2.10. The minimum absolute atomic E-state index is 0.0515. The summed E-state index contributed by atoms with van der Waals surface area (Å²) in [5.41, 5.74) is 0. The van der Waals surface area contributed by atoms with Crippen molar-refractivity contribution in [3.8, 4) is 0 Å². The van der Waals surface area contributed by atoms with Gasteiger partial charge in [0.15, 0.2) is 0 Å². The zero-order chi connectivity index (χ0) is 12.7. The molecule has 0 aromatic rings. The van der Waals surface area contributed by atoms with Crippen LogP contribution in [-0.2, 0) is 9.59 Å². The summed E-state index contributed by atoms with van der Waals surface area (Å²) in [4.78, 5) is 25.0. The number of carbonyl (C=O) groups is 2. The Hall–Kier alpha value is -1.10. The summed E-state index contributed by atoms with van der Waals surface area (Å²) < 4.78 is 0. The smallest absolute Gasteiger partial charge is 0.224 e. The van der Waals surface area contributed by atoms with E-state index in [1.165, 1.54) is 0 Å². The first kappa shape index (κ1) is 14.0. The summed E-state index contributed by atoms with van der Waals surface area (Å²) in [5.74, 6) is 0.0683. The minimum Gasteiger partial charge on any atom is -0.355 e. The van der Waals surface area contributed by atoms with Crippen LogP contribution in [0.15, 0.2) is 0 Å².